The highest BCUT2D eigenvalue weighted by molar-refractivity contribution is 5.79. The highest BCUT2D eigenvalue weighted by Gasteiger charge is 2.29. The summed E-state index contributed by atoms with van der Waals surface area (Å²) >= 11 is 0. The molecule has 1 atom stereocenters. The molecule has 1 unspecified atom stereocenters. The van der Waals surface area contributed by atoms with Crippen molar-refractivity contribution in [3.8, 4) is 5.88 Å². The molecule has 2 heterocycles. The number of pyridine rings is 1. The van der Waals surface area contributed by atoms with E-state index in [0.29, 0.717) is 37.2 Å². The smallest absolute Gasteiger partial charge is 0.422 e. The first-order chi connectivity index (χ1) is 13.5. The molecule has 1 aliphatic rings. The minimum atomic E-state index is -4.41. The van der Waals surface area contributed by atoms with Gasteiger partial charge in [0.1, 0.15) is 0 Å². The molecular formula is C18H27F3N4O3. The van der Waals surface area contributed by atoms with Crippen LogP contribution >= 0.6 is 0 Å². The Hall–Kier alpha value is -2.07. The molecule has 2 N–H and O–H groups in total. The quantitative estimate of drug-likeness (QED) is 0.354. The van der Waals surface area contributed by atoms with Gasteiger partial charge in [-0.2, -0.15) is 13.2 Å². The van der Waals surface area contributed by atoms with Crippen molar-refractivity contribution in [1.29, 1.82) is 0 Å². The summed E-state index contributed by atoms with van der Waals surface area (Å²) in [4.78, 5) is 7.96. The van der Waals surface area contributed by atoms with Crippen molar-refractivity contribution in [2.24, 2.45) is 10.9 Å². The molecule has 0 bridgehead atoms. The molecule has 1 saturated heterocycles. The monoisotopic (exact) mass is 404 g/mol. The van der Waals surface area contributed by atoms with Gasteiger partial charge in [-0.15, -0.1) is 0 Å². The van der Waals surface area contributed by atoms with Crippen LogP contribution in [-0.2, 0) is 16.0 Å². The fourth-order valence-corrected chi connectivity index (χ4v) is 2.58. The van der Waals surface area contributed by atoms with Crippen molar-refractivity contribution in [2.45, 2.75) is 25.6 Å². The zero-order valence-electron chi connectivity index (χ0n) is 15.9. The van der Waals surface area contributed by atoms with Gasteiger partial charge in [-0.05, 0) is 18.9 Å². The van der Waals surface area contributed by atoms with Gasteiger partial charge in [-0.1, -0.05) is 6.07 Å². The summed E-state index contributed by atoms with van der Waals surface area (Å²) < 4.78 is 52.7. The third kappa shape index (κ3) is 8.75. The summed E-state index contributed by atoms with van der Waals surface area (Å²) in [7, 11) is 1.62. The second kappa shape index (κ2) is 11.7. The van der Waals surface area contributed by atoms with Crippen LogP contribution in [-0.4, -0.2) is 63.7 Å². The first-order valence-electron chi connectivity index (χ1n) is 9.21. The maximum absolute atomic E-state index is 12.3. The highest BCUT2D eigenvalue weighted by Crippen LogP contribution is 2.19. The van der Waals surface area contributed by atoms with Crippen LogP contribution in [0.25, 0.3) is 0 Å². The van der Waals surface area contributed by atoms with E-state index in [9.17, 15) is 13.2 Å². The molecule has 7 nitrogen and oxygen atoms in total. The SMILES string of the molecule is CN=C(NCCCOCC1CCOC1)NCc1cccnc1OCC(F)(F)F. The third-order valence-electron chi connectivity index (χ3n) is 4.03. The summed E-state index contributed by atoms with van der Waals surface area (Å²) in [5.41, 5.74) is 0.511. The number of rotatable bonds is 10. The number of hydrogen-bond acceptors (Lipinski definition) is 5. The highest BCUT2D eigenvalue weighted by atomic mass is 19.4. The number of ether oxygens (including phenoxy) is 3. The topological polar surface area (TPSA) is 77.0 Å². The number of hydrogen-bond donors (Lipinski definition) is 2. The van der Waals surface area contributed by atoms with E-state index < -0.39 is 12.8 Å². The van der Waals surface area contributed by atoms with Gasteiger partial charge in [-0.25, -0.2) is 4.98 Å². The molecule has 0 saturated carbocycles. The Bertz CT molecular complexity index is 608. The fourth-order valence-electron chi connectivity index (χ4n) is 2.58. The van der Waals surface area contributed by atoms with Crippen molar-refractivity contribution in [3.63, 3.8) is 0 Å². The minimum Gasteiger partial charge on any atom is -0.468 e. The Morgan fingerprint density at radius 1 is 1.39 bits per heavy atom. The summed E-state index contributed by atoms with van der Waals surface area (Å²) in [5, 5.41) is 6.18. The average Bonchev–Trinajstić information content (AvgIpc) is 3.18. The van der Waals surface area contributed by atoms with Crippen LogP contribution in [0.5, 0.6) is 5.88 Å². The lowest BCUT2D eigenvalue weighted by atomic mass is 10.1. The Balaban J connectivity index is 1.66. The van der Waals surface area contributed by atoms with Crippen LogP contribution in [0, 0.1) is 5.92 Å². The molecular weight excluding hydrogens is 377 g/mol. The predicted molar refractivity (Wildman–Crippen MR) is 98.4 cm³/mol. The molecule has 28 heavy (non-hydrogen) atoms. The lowest BCUT2D eigenvalue weighted by Crippen LogP contribution is -2.37. The van der Waals surface area contributed by atoms with E-state index in [1.165, 1.54) is 6.20 Å². The second-order valence-corrected chi connectivity index (χ2v) is 6.38. The zero-order valence-corrected chi connectivity index (χ0v) is 15.9. The number of aliphatic imine (C=N–C) groups is 1. The van der Waals surface area contributed by atoms with Crippen molar-refractivity contribution >= 4 is 5.96 Å². The summed E-state index contributed by atoms with van der Waals surface area (Å²) in [6, 6.07) is 3.29. The number of nitrogens with one attached hydrogen (secondary N) is 2. The molecule has 0 spiro atoms. The molecule has 0 aromatic carbocycles. The standard InChI is InChI=1S/C18H27F3N4O3/c1-22-17(24-7-3-8-26-11-14-5-9-27-12-14)25-10-15-4-2-6-23-16(15)28-13-18(19,20)21/h2,4,6,14H,3,5,7-13H2,1H3,(H2,22,24,25). The summed E-state index contributed by atoms with van der Waals surface area (Å²) in [6.07, 6.45) is -1.16. The first-order valence-corrected chi connectivity index (χ1v) is 9.21. The van der Waals surface area contributed by atoms with Crippen LogP contribution in [0.3, 0.4) is 0 Å². The van der Waals surface area contributed by atoms with Gasteiger partial charge in [0.25, 0.3) is 0 Å². The van der Waals surface area contributed by atoms with Gasteiger partial charge < -0.3 is 24.8 Å². The van der Waals surface area contributed by atoms with E-state index >= 15 is 0 Å². The van der Waals surface area contributed by atoms with Gasteiger partial charge in [0.2, 0.25) is 5.88 Å². The van der Waals surface area contributed by atoms with Gasteiger partial charge >= 0.3 is 6.18 Å². The largest absolute Gasteiger partial charge is 0.468 e. The third-order valence-corrected chi connectivity index (χ3v) is 4.03. The number of alkyl halides is 3. The predicted octanol–water partition coefficient (Wildman–Crippen LogP) is 2.13. The van der Waals surface area contributed by atoms with Crippen LogP contribution in [0.1, 0.15) is 18.4 Å². The molecule has 0 radical (unpaired) electrons. The van der Waals surface area contributed by atoms with E-state index in [4.69, 9.17) is 14.2 Å². The molecule has 1 aromatic rings. The van der Waals surface area contributed by atoms with Crippen LogP contribution in [0.4, 0.5) is 13.2 Å². The molecule has 1 aromatic heterocycles. The fraction of sp³-hybridized carbons (Fsp3) is 0.667. The van der Waals surface area contributed by atoms with E-state index in [1.54, 1.807) is 19.2 Å². The van der Waals surface area contributed by atoms with Gasteiger partial charge in [-0.3, -0.25) is 4.99 Å². The molecule has 10 heteroatoms. The normalized spacial score (nSPS) is 17.6. The van der Waals surface area contributed by atoms with Gasteiger partial charge in [0, 0.05) is 51.0 Å². The Morgan fingerprint density at radius 2 is 2.25 bits per heavy atom. The summed E-state index contributed by atoms with van der Waals surface area (Å²) in [5.74, 6) is 0.984. The number of guanidine groups is 1. The lowest BCUT2D eigenvalue weighted by molar-refractivity contribution is -0.154. The van der Waals surface area contributed by atoms with E-state index in [-0.39, 0.29) is 12.4 Å². The molecule has 2 rings (SSSR count). The van der Waals surface area contributed by atoms with Crippen molar-refractivity contribution in [1.82, 2.24) is 15.6 Å². The number of halogens is 3. The van der Waals surface area contributed by atoms with E-state index in [0.717, 1.165) is 26.1 Å². The van der Waals surface area contributed by atoms with Gasteiger partial charge in [0.15, 0.2) is 12.6 Å². The van der Waals surface area contributed by atoms with Crippen molar-refractivity contribution < 1.29 is 27.4 Å². The Morgan fingerprint density at radius 3 is 2.96 bits per heavy atom. The van der Waals surface area contributed by atoms with Gasteiger partial charge in [0.05, 0.1) is 13.2 Å². The van der Waals surface area contributed by atoms with Crippen molar-refractivity contribution in [2.75, 3.05) is 46.6 Å². The maximum Gasteiger partial charge on any atom is 0.422 e. The zero-order chi connectivity index (χ0) is 20.2. The Labute approximate surface area is 162 Å². The maximum atomic E-state index is 12.3. The minimum absolute atomic E-state index is 0.0490. The molecule has 0 aliphatic carbocycles. The van der Waals surface area contributed by atoms with Crippen LogP contribution in [0.15, 0.2) is 23.3 Å². The summed E-state index contributed by atoms with van der Waals surface area (Å²) in [6.45, 7) is 2.46. The Kier molecular flexibility index (Phi) is 9.29. The molecule has 158 valence electrons. The molecule has 1 fully saturated rings. The lowest BCUT2D eigenvalue weighted by Gasteiger charge is -2.15. The number of aromatic nitrogens is 1. The van der Waals surface area contributed by atoms with Crippen molar-refractivity contribution in [3.05, 3.63) is 23.9 Å². The van der Waals surface area contributed by atoms with Crippen LogP contribution in [0.2, 0.25) is 0 Å². The van der Waals surface area contributed by atoms with E-state index in [1.807, 2.05) is 0 Å². The number of nitrogens with zero attached hydrogens (tertiary/aromatic N) is 2. The molecule has 0 amide bonds. The second-order valence-electron chi connectivity index (χ2n) is 6.38. The molecule has 1 aliphatic heterocycles. The first kappa shape index (κ1) is 22.2. The average molecular weight is 404 g/mol. The van der Waals surface area contributed by atoms with Crippen LogP contribution < -0.4 is 15.4 Å². The van der Waals surface area contributed by atoms with E-state index in [2.05, 4.69) is 20.6 Å².